The molecule has 2 heterocycles. The smallest absolute Gasteiger partial charge is 0.260 e. The fourth-order valence-corrected chi connectivity index (χ4v) is 2.99. The molecule has 1 aromatic rings. The van der Waals surface area contributed by atoms with Gasteiger partial charge in [0.2, 0.25) is 5.91 Å². The van der Waals surface area contributed by atoms with E-state index in [0.29, 0.717) is 32.1 Å². The molecule has 4 rings (SSSR count). The van der Waals surface area contributed by atoms with Crippen molar-refractivity contribution < 1.29 is 13.6 Å². The first kappa shape index (κ1) is 13.8. The van der Waals surface area contributed by atoms with E-state index in [1.165, 1.54) is 12.8 Å². The molecule has 7 heteroatoms. The predicted octanol–water partition coefficient (Wildman–Crippen LogP) is 1.66. The first-order chi connectivity index (χ1) is 10.5. The van der Waals surface area contributed by atoms with Gasteiger partial charge in [-0.2, -0.15) is 0 Å². The number of anilines is 1. The number of aromatic nitrogens is 2. The normalized spacial score (nSPS) is 26.9. The summed E-state index contributed by atoms with van der Waals surface area (Å²) in [5, 5.41) is 0. The van der Waals surface area contributed by atoms with Crippen LogP contribution in [0, 0.1) is 5.92 Å². The lowest BCUT2D eigenvalue weighted by Gasteiger charge is -2.35. The SMILES string of the molecule is O=C(C1CC1(F)F)N1CCN(c2cc(C3CC3)ncn2)CC1. The lowest BCUT2D eigenvalue weighted by atomic mass is 10.2. The number of hydrogen-bond donors (Lipinski definition) is 0. The fraction of sp³-hybridized carbons (Fsp3) is 0.667. The molecule has 0 spiro atoms. The maximum absolute atomic E-state index is 13.0. The summed E-state index contributed by atoms with van der Waals surface area (Å²) in [4.78, 5) is 24.2. The number of piperazine rings is 1. The molecule has 3 aliphatic rings. The Labute approximate surface area is 127 Å². The number of alkyl halides is 2. The molecule has 1 saturated heterocycles. The zero-order valence-corrected chi connectivity index (χ0v) is 12.2. The Morgan fingerprint density at radius 1 is 1.18 bits per heavy atom. The molecular formula is C15H18F2N4O. The molecule has 0 bridgehead atoms. The van der Waals surface area contributed by atoms with Gasteiger partial charge in [-0.05, 0) is 12.8 Å². The van der Waals surface area contributed by atoms with Gasteiger partial charge < -0.3 is 9.80 Å². The third-order valence-corrected chi connectivity index (χ3v) is 4.71. The summed E-state index contributed by atoms with van der Waals surface area (Å²) in [6, 6.07) is 2.02. The number of carbonyl (C=O) groups excluding carboxylic acids is 1. The van der Waals surface area contributed by atoms with E-state index in [1.54, 1.807) is 11.2 Å². The third-order valence-electron chi connectivity index (χ3n) is 4.71. The van der Waals surface area contributed by atoms with Crippen molar-refractivity contribution in [2.75, 3.05) is 31.1 Å². The Morgan fingerprint density at radius 2 is 1.86 bits per heavy atom. The highest BCUT2D eigenvalue weighted by Gasteiger charge is 2.62. The summed E-state index contributed by atoms with van der Waals surface area (Å²) in [5.74, 6) is -2.81. The predicted molar refractivity (Wildman–Crippen MR) is 75.9 cm³/mol. The zero-order chi connectivity index (χ0) is 15.3. The van der Waals surface area contributed by atoms with Gasteiger partial charge in [-0.3, -0.25) is 4.79 Å². The van der Waals surface area contributed by atoms with Gasteiger partial charge in [0.15, 0.2) is 0 Å². The quantitative estimate of drug-likeness (QED) is 0.852. The molecule has 1 aromatic heterocycles. The molecular weight excluding hydrogens is 290 g/mol. The van der Waals surface area contributed by atoms with Crippen LogP contribution < -0.4 is 4.90 Å². The fourth-order valence-electron chi connectivity index (χ4n) is 2.99. The Hall–Kier alpha value is -1.79. The highest BCUT2D eigenvalue weighted by Crippen LogP contribution is 2.49. The number of carbonyl (C=O) groups is 1. The molecule has 5 nitrogen and oxygen atoms in total. The zero-order valence-electron chi connectivity index (χ0n) is 12.2. The summed E-state index contributed by atoms with van der Waals surface area (Å²) in [6.07, 6.45) is 3.68. The number of halogens is 2. The first-order valence-electron chi connectivity index (χ1n) is 7.78. The topological polar surface area (TPSA) is 49.3 Å². The van der Waals surface area contributed by atoms with Crippen LogP contribution in [-0.4, -0.2) is 52.9 Å². The molecule has 2 saturated carbocycles. The number of amides is 1. The van der Waals surface area contributed by atoms with Gasteiger partial charge in [-0.25, -0.2) is 18.7 Å². The van der Waals surface area contributed by atoms with Crippen LogP contribution in [0.2, 0.25) is 0 Å². The van der Waals surface area contributed by atoms with Crippen molar-refractivity contribution in [3.63, 3.8) is 0 Å². The molecule has 1 atom stereocenters. The van der Waals surface area contributed by atoms with E-state index in [-0.39, 0.29) is 6.42 Å². The Morgan fingerprint density at radius 3 is 2.45 bits per heavy atom. The van der Waals surface area contributed by atoms with Crippen molar-refractivity contribution in [2.45, 2.75) is 31.1 Å². The molecule has 2 aliphatic carbocycles. The highest BCUT2D eigenvalue weighted by molar-refractivity contribution is 5.83. The second-order valence-electron chi connectivity index (χ2n) is 6.41. The molecule has 22 heavy (non-hydrogen) atoms. The molecule has 0 N–H and O–H groups in total. The van der Waals surface area contributed by atoms with Crippen molar-refractivity contribution in [2.24, 2.45) is 5.92 Å². The van der Waals surface area contributed by atoms with Gasteiger partial charge >= 0.3 is 0 Å². The monoisotopic (exact) mass is 308 g/mol. The first-order valence-corrected chi connectivity index (χ1v) is 7.78. The van der Waals surface area contributed by atoms with Crippen molar-refractivity contribution in [3.05, 3.63) is 18.1 Å². The molecule has 3 fully saturated rings. The number of rotatable bonds is 3. The van der Waals surface area contributed by atoms with Crippen LogP contribution in [0.15, 0.2) is 12.4 Å². The lowest BCUT2D eigenvalue weighted by molar-refractivity contribution is -0.135. The molecule has 1 aliphatic heterocycles. The van der Waals surface area contributed by atoms with Crippen LogP contribution in [-0.2, 0) is 4.79 Å². The third kappa shape index (κ3) is 2.53. The minimum Gasteiger partial charge on any atom is -0.353 e. The molecule has 1 unspecified atom stereocenters. The highest BCUT2D eigenvalue weighted by atomic mass is 19.3. The van der Waals surface area contributed by atoms with E-state index < -0.39 is 17.7 Å². The standard InChI is InChI=1S/C15H18F2N4O/c16-15(17)8-11(15)14(22)21-5-3-20(4-6-21)13-7-12(10-1-2-10)18-9-19-13/h7,9-11H,1-6,8H2. The summed E-state index contributed by atoms with van der Waals surface area (Å²) in [6.45, 7) is 2.22. The Balaban J connectivity index is 1.37. The van der Waals surface area contributed by atoms with Crippen molar-refractivity contribution in [3.8, 4) is 0 Å². The van der Waals surface area contributed by atoms with Crippen LogP contribution in [0.25, 0.3) is 0 Å². The van der Waals surface area contributed by atoms with Gasteiger partial charge in [-0.15, -0.1) is 0 Å². The van der Waals surface area contributed by atoms with Crippen LogP contribution in [0.3, 0.4) is 0 Å². The summed E-state index contributed by atoms with van der Waals surface area (Å²) in [5.41, 5.74) is 1.08. The van der Waals surface area contributed by atoms with Gasteiger partial charge in [0.05, 0.1) is 0 Å². The molecule has 0 aromatic carbocycles. The maximum Gasteiger partial charge on any atom is 0.260 e. The average molecular weight is 308 g/mol. The van der Waals surface area contributed by atoms with E-state index in [9.17, 15) is 13.6 Å². The lowest BCUT2D eigenvalue weighted by Crippen LogP contribution is -2.49. The minimum atomic E-state index is -2.78. The second-order valence-corrected chi connectivity index (χ2v) is 6.41. The van der Waals surface area contributed by atoms with Crippen LogP contribution in [0.4, 0.5) is 14.6 Å². The summed E-state index contributed by atoms with van der Waals surface area (Å²) < 4.78 is 26.0. The van der Waals surface area contributed by atoms with Crippen molar-refractivity contribution in [1.82, 2.24) is 14.9 Å². The van der Waals surface area contributed by atoms with E-state index in [1.807, 2.05) is 6.07 Å². The average Bonchev–Trinajstić information content (AvgIpc) is 3.44. The molecule has 1 amide bonds. The van der Waals surface area contributed by atoms with Crippen LogP contribution in [0.5, 0.6) is 0 Å². The van der Waals surface area contributed by atoms with Crippen LogP contribution >= 0.6 is 0 Å². The van der Waals surface area contributed by atoms with Gasteiger partial charge in [0, 0.05) is 50.3 Å². The Bertz CT molecular complexity index is 597. The van der Waals surface area contributed by atoms with Crippen LogP contribution in [0.1, 0.15) is 30.9 Å². The number of hydrogen-bond acceptors (Lipinski definition) is 4. The van der Waals surface area contributed by atoms with Crippen molar-refractivity contribution in [1.29, 1.82) is 0 Å². The summed E-state index contributed by atoms with van der Waals surface area (Å²) >= 11 is 0. The van der Waals surface area contributed by atoms with Gasteiger partial charge in [0.1, 0.15) is 18.1 Å². The van der Waals surface area contributed by atoms with Crippen molar-refractivity contribution >= 4 is 11.7 Å². The van der Waals surface area contributed by atoms with Gasteiger partial charge in [-0.1, -0.05) is 0 Å². The van der Waals surface area contributed by atoms with E-state index in [2.05, 4.69) is 14.9 Å². The maximum atomic E-state index is 13.0. The summed E-state index contributed by atoms with van der Waals surface area (Å²) in [7, 11) is 0. The minimum absolute atomic E-state index is 0.289. The van der Waals surface area contributed by atoms with E-state index in [4.69, 9.17) is 0 Å². The van der Waals surface area contributed by atoms with E-state index >= 15 is 0 Å². The Kier molecular flexibility index (Phi) is 3.06. The largest absolute Gasteiger partial charge is 0.353 e. The molecule has 118 valence electrons. The second kappa shape index (κ2) is 4.86. The van der Waals surface area contributed by atoms with Gasteiger partial charge in [0.25, 0.3) is 5.92 Å². The number of nitrogens with zero attached hydrogens (tertiary/aromatic N) is 4. The molecule has 0 radical (unpaired) electrons. The van der Waals surface area contributed by atoms with E-state index in [0.717, 1.165) is 11.5 Å².